The molecule has 88 valence electrons. The van der Waals surface area contributed by atoms with E-state index in [-0.39, 0.29) is 6.10 Å². The summed E-state index contributed by atoms with van der Waals surface area (Å²) in [5.74, 6) is 0.438. The largest absolute Gasteiger partial charge is 0.393 e. The first kappa shape index (κ1) is 11.4. The van der Waals surface area contributed by atoms with Gasteiger partial charge in [-0.25, -0.2) is 0 Å². The van der Waals surface area contributed by atoms with Crippen molar-refractivity contribution in [3.05, 3.63) is 0 Å². The number of aliphatic hydroxyl groups is 2. The van der Waals surface area contributed by atoms with Crippen LogP contribution in [0, 0.1) is 5.92 Å². The Labute approximate surface area is 92.1 Å². The Hall–Kier alpha value is -0.120. The van der Waals surface area contributed by atoms with Gasteiger partial charge in [-0.2, -0.15) is 0 Å². The molecule has 2 aliphatic rings. The summed E-state index contributed by atoms with van der Waals surface area (Å²) in [5.41, 5.74) is -0.500. The second kappa shape index (κ2) is 4.40. The zero-order valence-electron chi connectivity index (χ0n) is 9.65. The molecule has 1 saturated heterocycles. The second-order valence-electron chi connectivity index (χ2n) is 5.59. The number of likely N-dealkylation sites (tertiary alicyclic amines) is 1. The molecule has 0 aromatic carbocycles. The Morgan fingerprint density at radius 3 is 2.67 bits per heavy atom. The van der Waals surface area contributed by atoms with Crippen molar-refractivity contribution >= 4 is 0 Å². The van der Waals surface area contributed by atoms with E-state index < -0.39 is 5.60 Å². The van der Waals surface area contributed by atoms with E-state index in [1.54, 1.807) is 0 Å². The molecule has 3 nitrogen and oxygen atoms in total. The molecule has 0 amide bonds. The van der Waals surface area contributed by atoms with Crippen LogP contribution in [-0.2, 0) is 0 Å². The minimum absolute atomic E-state index is 0.107. The Bertz CT molecular complexity index is 218. The van der Waals surface area contributed by atoms with Gasteiger partial charge in [0.05, 0.1) is 11.7 Å². The number of nitrogens with zero attached hydrogens (tertiary/aromatic N) is 1. The van der Waals surface area contributed by atoms with Crippen LogP contribution in [0.5, 0.6) is 0 Å². The zero-order valence-corrected chi connectivity index (χ0v) is 9.65. The van der Waals surface area contributed by atoms with Gasteiger partial charge in [-0.05, 0) is 32.1 Å². The molecule has 15 heavy (non-hydrogen) atoms. The smallest absolute Gasteiger partial charge is 0.0758 e. The number of hydrogen-bond acceptors (Lipinski definition) is 3. The van der Waals surface area contributed by atoms with Gasteiger partial charge < -0.3 is 15.1 Å². The third-order valence-corrected chi connectivity index (χ3v) is 3.89. The monoisotopic (exact) mass is 213 g/mol. The normalized spacial score (nSPS) is 43.4. The van der Waals surface area contributed by atoms with Crippen molar-refractivity contribution in [3.63, 3.8) is 0 Å². The number of rotatable bonds is 2. The van der Waals surface area contributed by atoms with E-state index in [1.165, 1.54) is 12.8 Å². The summed E-state index contributed by atoms with van der Waals surface area (Å²) in [7, 11) is 0. The SMILES string of the molecule is CC1(O)CCN(CC2CCCCC2O)C1. The van der Waals surface area contributed by atoms with Crippen molar-refractivity contribution in [1.29, 1.82) is 0 Å². The van der Waals surface area contributed by atoms with Crippen LogP contribution in [0.15, 0.2) is 0 Å². The molecule has 2 rings (SSSR count). The standard InChI is InChI=1S/C12H23NO2/c1-12(15)6-7-13(9-12)8-10-4-2-3-5-11(10)14/h10-11,14-15H,2-9H2,1H3. The molecule has 3 unspecified atom stereocenters. The van der Waals surface area contributed by atoms with Crippen LogP contribution in [-0.4, -0.2) is 46.5 Å². The van der Waals surface area contributed by atoms with Crippen LogP contribution in [0.3, 0.4) is 0 Å². The number of aliphatic hydroxyl groups excluding tert-OH is 1. The van der Waals surface area contributed by atoms with Gasteiger partial charge in [0, 0.05) is 19.6 Å². The molecule has 3 heteroatoms. The van der Waals surface area contributed by atoms with Gasteiger partial charge >= 0.3 is 0 Å². The van der Waals surface area contributed by atoms with Crippen LogP contribution in [0.2, 0.25) is 0 Å². The van der Waals surface area contributed by atoms with Crippen molar-refractivity contribution in [1.82, 2.24) is 4.90 Å². The Morgan fingerprint density at radius 2 is 2.07 bits per heavy atom. The van der Waals surface area contributed by atoms with Gasteiger partial charge in [0.1, 0.15) is 0 Å². The van der Waals surface area contributed by atoms with E-state index in [0.29, 0.717) is 5.92 Å². The molecule has 2 fully saturated rings. The molecular weight excluding hydrogens is 190 g/mol. The molecule has 0 bridgehead atoms. The Kier molecular flexibility index (Phi) is 3.33. The van der Waals surface area contributed by atoms with E-state index in [4.69, 9.17) is 0 Å². The van der Waals surface area contributed by atoms with Gasteiger partial charge in [0.2, 0.25) is 0 Å². The Balaban J connectivity index is 1.81. The molecule has 1 aliphatic carbocycles. The molecule has 3 atom stereocenters. The van der Waals surface area contributed by atoms with Crippen LogP contribution in [0.4, 0.5) is 0 Å². The predicted molar refractivity (Wildman–Crippen MR) is 59.6 cm³/mol. The lowest BCUT2D eigenvalue weighted by molar-refractivity contribution is 0.0363. The fraction of sp³-hybridized carbons (Fsp3) is 1.00. The lowest BCUT2D eigenvalue weighted by Crippen LogP contribution is -2.37. The summed E-state index contributed by atoms with van der Waals surface area (Å²) in [6, 6.07) is 0. The van der Waals surface area contributed by atoms with Gasteiger partial charge in [0.15, 0.2) is 0 Å². The van der Waals surface area contributed by atoms with E-state index in [0.717, 1.165) is 38.9 Å². The molecule has 0 aromatic heterocycles. The number of hydrogen-bond donors (Lipinski definition) is 2. The van der Waals surface area contributed by atoms with Gasteiger partial charge in [-0.1, -0.05) is 12.8 Å². The second-order valence-corrected chi connectivity index (χ2v) is 5.59. The lowest BCUT2D eigenvalue weighted by Gasteiger charge is -2.31. The van der Waals surface area contributed by atoms with Crippen molar-refractivity contribution < 1.29 is 10.2 Å². The molecule has 0 aromatic rings. The highest BCUT2D eigenvalue weighted by Crippen LogP contribution is 2.28. The maximum atomic E-state index is 9.87. The summed E-state index contributed by atoms with van der Waals surface area (Å²) < 4.78 is 0. The third-order valence-electron chi connectivity index (χ3n) is 3.89. The summed E-state index contributed by atoms with van der Waals surface area (Å²) in [6.45, 7) is 4.63. The minimum atomic E-state index is -0.500. The molecule has 0 spiro atoms. The van der Waals surface area contributed by atoms with Gasteiger partial charge in [-0.15, -0.1) is 0 Å². The molecule has 1 aliphatic heterocycles. The van der Waals surface area contributed by atoms with Crippen molar-refractivity contribution in [2.24, 2.45) is 5.92 Å². The molecule has 2 N–H and O–H groups in total. The molecule has 1 heterocycles. The summed E-state index contributed by atoms with van der Waals surface area (Å²) in [6.07, 6.45) is 5.32. The van der Waals surface area contributed by atoms with Gasteiger partial charge in [0.25, 0.3) is 0 Å². The quantitative estimate of drug-likeness (QED) is 0.719. The zero-order chi connectivity index (χ0) is 10.9. The molecular formula is C12H23NO2. The van der Waals surface area contributed by atoms with Gasteiger partial charge in [-0.3, -0.25) is 0 Å². The first-order valence-corrected chi connectivity index (χ1v) is 6.20. The van der Waals surface area contributed by atoms with Crippen LogP contribution < -0.4 is 0 Å². The fourth-order valence-corrected chi connectivity index (χ4v) is 2.93. The van der Waals surface area contributed by atoms with E-state index in [9.17, 15) is 10.2 Å². The van der Waals surface area contributed by atoms with E-state index >= 15 is 0 Å². The van der Waals surface area contributed by atoms with Crippen molar-refractivity contribution in [2.45, 2.75) is 50.7 Å². The van der Waals surface area contributed by atoms with E-state index in [2.05, 4.69) is 4.90 Å². The third kappa shape index (κ3) is 2.92. The van der Waals surface area contributed by atoms with Crippen LogP contribution in [0.25, 0.3) is 0 Å². The predicted octanol–water partition coefficient (Wildman–Crippen LogP) is 0.994. The summed E-state index contributed by atoms with van der Waals surface area (Å²) in [4.78, 5) is 2.30. The molecule has 0 radical (unpaired) electrons. The van der Waals surface area contributed by atoms with E-state index in [1.807, 2.05) is 6.92 Å². The topological polar surface area (TPSA) is 43.7 Å². The first-order valence-electron chi connectivity index (χ1n) is 6.20. The summed E-state index contributed by atoms with van der Waals surface area (Å²) in [5, 5.41) is 19.7. The average Bonchev–Trinajstić information content (AvgIpc) is 2.50. The Morgan fingerprint density at radius 1 is 1.33 bits per heavy atom. The summed E-state index contributed by atoms with van der Waals surface area (Å²) >= 11 is 0. The van der Waals surface area contributed by atoms with Crippen LogP contribution >= 0.6 is 0 Å². The maximum absolute atomic E-state index is 9.87. The molecule has 1 saturated carbocycles. The maximum Gasteiger partial charge on any atom is 0.0758 e. The van der Waals surface area contributed by atoms with Crippen molar-refractivity contribution in [2.75, 3.05) is 19.6 Å². The van der Waals surface area contributed by atoms with Crippen LogP contribution in [0.1, 0.15) is 39.0 Å². The minimum Gasteiger partial charge on any atom is -0.393 e. The average molecular weight is 213 g/mol. The lowest BCUT2D eigenvalue weighted by atomic mass is 9.86. The highest BCUT2D eigenvalue weighted by Gasteiger charge is 2.34. The highest BCUT2D eigenvalue weighted by atomic mass is 16.3. The fourth-order valence-electron chi connectivity index (χ4n) is 2.93. The number of β-amino-alcohol motifs (C(OH)–C–C–N with tert-alkyl or cyclic N) is 1. The highest BCUT2D eigenvalue weighted by molar-refractivity contribution is 4.88. The first-order chi connectivity index (χ1) is 7.07. The van der Waals surface area contributed by atoms with Crippen molar-refractivity contribution in [3.8, 4) is 0 Å².